The molecule has 0 radical (unpaired) electrons. The fourth-order valence-electron chi connectivity index (χ4n) is 6.32. The lowest BCUT2D eigenvalue weighted by Crippen LogP contribution is -2.18. The van der Waals surface area contributed by atoms with E-state index in [1.165, 1.54) is 75.7 Å². The second kappa shape index (κ2) is 18.6. The lowest BCUT2D eigenvalue weighted by atomic mass is 9.87. The molecule has 15 nitrogen and oxygen atoms in total. The Hall–Kier alpha value is -6.38. The zero-order valence-corrected chi connectivity index (χ0v) is 32.5. The molecule has 1 heterocycles. The molecular weight excluding hydrogens is 718 g/mol. The molecule has 0 N–H and O–H groups in total. The normalized spacial score (nSPS) is 10.6. The third-order valence-corrected chi connectivity index (χ3v) is 8.98. The van der Waals surface area contributed by atoms with Crippen LogP contribution < -0.4 is 28.4 Å². The average molecular weight is 764 g/mol. The van der Waals surface area contributed by atoms with Gasteiger partial charge >= 0.3 is 23.9 Å². The molecule has 0 fully saturated rings. The van der Waals surface area contributed by atoms with E-state index in [2.05, 4.69) is 0 Å². The highest BCUT2D eigenvalue weighted by molar-refractivity contribution is 6.10. The third kappa shape index (κ3) is 8.56. The van der Waals surface area contributed by atoms with Crippen LogP contribution in [0.4, 0.5) is 0 Å². The molecule has 4 rings (SSSR count). The number of hydrogen-bond acceptors (Lipinski definition) is 14. The summed E-state index contributed by atoms with van der Waals surface area (Å²) in [5, 5.41) is 0. The van der Waals surface area contributed by atoms with Crippen molar-refractivity contribution in [2.24, 2.45) is 0 Å². The van der Waals surface area contributed by atoms with Gasteiger partial charge in [0.05, 0.1) is 83.9 Å². The van der Waals surface area contributed by atoms with Crippen LogP contribution in [0, 0.1) is 0 Å². The maximum absolute atomic E-state index is 14.2. The van der Waals surface area contributed by atoms with Gasteiger partial charge in [-0.25, -0.2) is 9.59 Å². The Morgan fingerprint density at radius 1 is 0.473 bits per heavy atom. The lowest BCUT2D eigenvalue weighted by Gasteiger charge is -2.19. The highest BCUT2D eigenvalue weighted by atomic mass is 16.5. The van der Waals surface area contributed by atoms with Crippen molar-refractivity contribution in [3.63, 3.8) is 0 Å². The van der Waals surface area contributed by atoms with Crippen molar-refractivity contribution in [3.8, 4) is 56.8 Å². The second-order valence-electron chi connectivity index (χ2n) is 11.8. The maximum Gasteiger partial charge on any atom is 0.355 e. The second-order valence-corrected chi connectivity index (χ2v) is 11.8. The van der Waals surface area contributed by atoms with E-state index in [4.69, 9.17) is 47.4 Å². The Balaban J connectivity index is 2.29. The van der Waals surface area contributed by atoms with E-state index in [0.29, 0.717) is 22.6 Å². The van der Waals surface area contributed by atoms with Gasteiger partial charge < -0.3 is 51.9 Å². The number of aromatic nitrogens is 1. The average Bonchev–Trinajstić information content (AvgIpc) is 3.55. The number of benzene rings is 3. The molecule has 0 aliphatic rings. The van der Waals surface area contributed by atoms with Crippen molar-refractivity contribution in [1.29, 1.82) is 0 Å². The molecule has 55 heavy (non-hydrogen) atoms. The van der Waals surface area contributed by atoms with E-state index in [1.807, 2.05) is 6.07 Å². The van der Waals surface area contributed by atoms with Crippen LogP contribution in [-0.2, 0) is 54.3 Å². The SMILES string of the molecule is COC(=O)Cc1cc(OC)c(OC)cc1-c1c(-c2cc(OC)c(OC)cc2CC(=O)OC)c(C(=O)OC)n(CCc2ccc(OC)c(OC)c2)c1C(=O)OC. The summed E-state index contributed by atoms with van der Waals surface area (Å²) in [5.74, 6) is -0.817. The molecule has 0 atom stereocenters. The van der Waals surface area contributed by atoms with Crippen LogP contribution in [0.1, 0.15) is 37.7 Å². The highest BCUT2D eigenvalue weighted by Crippen LogP contribution is 2.48. The number of rotatable bonds is 17. The molecule has 0 spiro atoms. The first-order valence-electron chi connectivity index (χ1n) is 16.8. The predicted molar refractivity (Wildman–Crippen MR) is 199 cm³/mol. The zero-order chi connectivity index (χ0) is 40.4. The highest BCUT2D eigenvalue weighted by Gasteiger charge is 2.36. The number of ether oxygens (including phenoxy) is 10. The zero-order valence-electron chi connectivity index (χ0n) is 32.5. The number of nitrogens with zero attached hydrogens (tertiary/aromatic N) is 1. The molecule has 1 aromatic heterocycles. The van der Waals surface area contributed by atoms with Gasteiger partial charge in [-0.2, -0.15) is 0 Å². The van der Waals surface area contributed by atoms with E-state index in [9.17, 15) is 19.2 Å². The van der Waals surface area contributed by atoms with Crippen LogP contribution >= 0.6 is 0 Å². The van der Waals surface area contributed by atoms with Crippen molar-refractivity contribution in [1.82, 2.24) is 4.57 Å². The molecule has 0 aliphatic heterocycles. The maximum atomic E-state index is 14.2. The summed E-state index contributed by atoms with van der Waals surface area (Å²) in [6, 6.07) is 11.7. The van der Waals surface area contributed by atoms with Gasteiger partial charge in [-0.1, -0.05) is 6.07 Å². The fraction of sp³-hybridized carbons (Fsp3) is 0.350. The molecule has 0 saturated carbocycles. The molecule has 294 valence electrons. The van der Waals surface area contributed by atoms with Gasteiger partial charge in [0, 0.05) is 17.7 Å². The van der Waals surface area contributed by atoms with Crippen molar-refractivity contribution in [2.75, 3.05) is 71.1 Å². The summed E-state index contributed by atoms with van der Waals surface area (Å²) in [5.41, 5.74) is 2.19. The van der Waals surface area contributed by atoms with Gasteiger partial charge in [0.1, 0.15) is 11.4 Å². The van der Waals surface area contributed by atoms with Crippen LogP contribution in [0.25, 0.3) is 22.3 Å². The van der Waals surface area contributed by atoms with Gasteiger partial charge in [0.2, 0.25) is 0 Å². The predicted octanol–water partition coefficient (Wildman–Crippen LogP) is 5.12. The molecule has 0 saturated heterocycles. The molecule has 0 aliphatic carbocycles. The van der Waals surface area contributed by atoms with Crippen LogP contribution in [0.5, 0.6) is 34.5 Å². The minimum Gasteiger partial charge on any atom is -0.493 e. The summed E-state index contributed by atoms with van der Waals surface area (Å²) in [7, 11) is 13.7. The van der Waals surface area contributed by atoms with Crippen molar-refractivity contribution in [2.45, 2.75) is 25.8 Å². The van der Waals surface area contributed by atoms with Crippen LogP contribution in [0.2, 0.25) is 0 Å². The topological polar surface area (TPSA) is 166 Å². The first kappa shape index (κ1) is 41.4. The third-order valence-electron chi connectivity index (χ3n) is 8.98. The smallest absolute Gasteiger partial charge is 0.355 e. The Morgan fingerprint density at radius 2 is 0.855 bits per heavy atom. The van der Waals surface area contributed by atoms with Gasteiger partial charge in [0.25, 0.3) is 0 Å². The standard InChI is InChI=1S/C40H45NO14/c1-46-27-12-11-22(15-28(27)47-2)13-14-41-37(39(44)54-9)35(25-20-31(50-5)29(48-3)16-23(25)18-33(42)52-7)36(38(41)40(45)55-10)26-21-32(51-6)30(49-4)17-24(26)19-34(43)53-8/h11-12,15-17,20-21H,13-14,18-19H2,1-10H3. The van der Waals surface area contributed by atoms with Crippen LogP contribution in [0.3, 0.4) is 0 Å². The van der Waals surface area contributed by atoms with Crippen LogP contribution in [0.15, 0.2) is 42.5 Å². The molecule has 4 aromatic rings. The molecule has 0 amide bonds. The Bertz CT molecular complexity index is 1950. The molecule has 3 aromatic carbocycles. The van der Waals surface area contributed by atoms with E-state index in [-0.39, 0.29) is 82.4 Å². The summed E-state index contributed by atoms with van der Waals surface area (Å²) in [6.45, 7) is 0.0244. The van der Waals surface area contributed by atoms with Crippen molar-refractivity contribution in [3.05, 3.63) is 70.5 Å². The first-order chi connectivity index (χ1) is 26.5. The van der Waals surface area contributed by atoms with E-state index < -0.39 is 23.9 Å². The van der Waals surface area contributed by atoms with Gasteiger partial charge in [-0.05, 0) is 70.6 Å². The minimum atomic E-state index is -0.826. The number of methoxy groups -OCH3 is 10. The quantitative estimate of drug-likeness (QED) is 0.103. The molecule has 0 bridgehead atoms. The van der Waals surface area contributed by atoms with Gasteiger partial charge in [-0.3, -0.25) is 9.59 Å². The largest absolute Gasteiger partial charge is 0.493 e. The van der Waals surface area contributed by atoms with Crippen LogP contribution in [-0.4, -0.2) is 99.5 Å². The number of esters is 4. The monoisotopic (exact) mass is 763 g/mol. The van der Waals surface area contributed by atoms with Crippen molar-refractivity contribution >= 4 is 23.9 Å². The summed E-state index contributed by atoms with van der Waals surface area (Å²) in [6.07, 6.45) is -0.293. The number of aryl methyl sites for hydroxylation is 1. The van der Waals surface area contributed by atoms with Gasteiger partial charge in [-0.15, -0.1) is 0 Å². The molecular formula is C40H45NO14. The minimum absolute atomic E-state index is 0.0244. The molecule has 0 unspecified atom stereocenters. The summed E-state index contributed by atoms with van der Waals surface area (Å²) in [4.78, 5) is 54.3. The van der Waals surface area contributed by atoms with E-state index >= 15 is 0 Å². The Morgan fingerprint density at radius 3 is 1.22 bits per heavy atom. The summed E-state index contributed by atoms with van der Waals surface area (Å²) < 4.78 is 55.9. The van der Waals surface area contributed by atoms with E-state index in [1.54, 1.807) is 36.4 Å². The number of hydrogen-bond donors (Lipinski definition) is 0. The number of carbonyl (C=O) groups excluding carboxylic acids is 4. The Labute approximate surface area is 318 Å². The molecule has 15 heteroatoms. The summed E-state index contributed by atoms with van der Waals surface area (Å²) >= 11 is 0. The van der Waals surface area contributed by atoms with Crippen molar-refractivity contribution < 1.29 is 66.5 Å². The first-order valence-corrected chi connectivity index (χ1v) is 16.8. The number of carbonyl (C=O) groups is 4. The van der Waals surface area contributed by atoms with E-state index in [0.717, 1.165) is 5.56 Å². The lowest BCUT2D eigenvalue weighted by molar-refractivity contribution is -0.140. The Kier molecular flexibility index (Phi) is 14.0. The van der Waals surface area contributed by atoms with Gasteiger partial charge in [0.15, 0.2) is 34.5 Å². The fourth-order valence-corrected chi connectivity index (χ4v) is 6.32.